The second-order valence-corrected chi connectivity index (χ2v) is 4.06. The number of hydrogen-bond acceptors (Lipinski definition) is 3. The van der Waals surface area contributed by atoms with E-state index in [1.54, 1.807) is 0 Å². The van der Waals surface area contributed by atoms with Gasteiger partial charge in [-0.3, -0.25) is 9.67 Å². The molecule has 4 heteroatoms. The Morgan fingerprint density at radius 2 is 2.29 bits per heavy atom. The molecule has 2 rings (SSSR count). The molecule has 0 aliphatic heterocycles. The minimum Gasteiger partial charge on any atom is -0.305 e. The van der Waals surface area contributed by atoms with Crippen molar-refractivity contribution in [2.45, 2.75) is 33.0 Å². The molecule has 4 nitrogen and oxygen atoms in total. The number of aromatic nitrogens is 3. The fourth-order valence-electron chi connectivity index (χ4n) is 1.68. The fourth-order valence-corrected chi connectivity index (χ4v) is 1.68. The van der Waals surface area contributed by atoms with Crippen LogP contribution < -0.4 is 5.32 Å². The standard InChI is InChI=1S/C13H18N4/c1-3-17-10-12(9-16-17)8-15-11(2)13-6-4-5-7-14-13/h4-7,9-11,15H,3,8H2,1-2H3/t11-/m1/s1. The van der Waals surface area contributed by atoms with Gasteiger partial charge >= 0.3 is 0 Å². The van der Waals surface area contributed by atoms with Crippen molar-refractivity contribution in [2.75, 3.05) is 0 Å². The maximum absolute atomic E-state index is 4.33. The maximum Gasteiger partial charge on any atom is 0.0570 e. The van der Waals surface area contributed by atoms with E-state index in [0.29, 0.717) is 0 Å². The highest BCUT2D eigenvalue weighted by Gasteiger charge is 2.05. The Morgan fingerprint density at radius 3 is 2.94 bits per heavy atom. The molecule has 1 N–H and O–H groups in total. The van der Waals surface area contributed by atoms with Gasteiger partial charge in [-0.1, -0.05) is 6.07 Å². The molecule has 0 fully saturated rings. The Balaban J connectivity index is 1.90. The molecule has 2 aromatic heterocycles. The fraction of sp³-hybridized carbons (Fsp3) is 0.385. The molecule has 0 aromatic carbocycles. The molecule has 0 unspecified atom stereocenters. The lowest BCUT2D eigenvalue weighted by Crippen LogP contribution is -2.18. The van der Waals surface area contributed by atoms with Gasteiger partial charge in [0.25, 0.3) is 0 Å². The van der Waals surface area contributed by atoms with Crippen molar-refractivity contribution in [3.8, 4) is 0 Å². The second kappa shape index (κ2) is 5.59. The Hall–Kier alpha value is -1.68. The Labute approximate surface area is 102 Å². The van der Waals surface area contributed by atoms with Crippen LogP contribution in [0.25, 0.3) is 0 Å². The van der Waals surface area contributed by atoms with Gasteiger partial charge in [0.1, 0.15) is 0 Å². The number of aryl methyl sites for hydroxylation is 1. The molecule has 0 saturated carbocycles. The zero-order chi connectivity index (χ0) is 12.1. The van der Waals surface area contributed by atoms with Gasteiger partial charge in [0, 0.05) is 37.1 Å². The van der Waals surface area contributed by atoms with Crippen LogP contribution in [0.3, 0.4) is 0 Å². The number of hydrogen-bond donors (Lipinski definition) is 1. The average Bonchev–Trinajstić information content (AvgIpc) is 2.85. The molecule has 0 spiro atoms. The minimum atomic E-state index is 0.251. The summed E-state index contributed by atoms with van der Waals surface area (Å²) in [5.74, 6) is 0. The summed E-state index contributed by atoms with van der Waals surface area (Å²) >= 11 is 0. The number of nitrogens with zero attached hydrogens (tertiary/aromatic N) is 3. The van der Waals surface area contributed by atoms with Crippen LogP contribution in [-0.2, 0) is 13.1 Å². The van der Waals surface area contributed by atoms with E-state index in [4.69, 9.17) is 0 Å². The SMILES string of the molecule is CCn1cc(CN[C@H](C)c2ccccn2)cn1. The molecule has 0 aliphatic rings. The average molecular weight is 230 g/mol. The molecular formula is C13H18N4. The predicted octanol–water partition coefficient (Wildman–Crippen LogP) is 2.15. The van der Waals surface area contributed by atoms with Gasteiger partial charge in [0.15, 0.2) is 0 Å². The second-order valence-electron chi connectivity index (χ2n) is 4.06. The summed E-state index contributed by atoms with van der Waals surface area (Å²) < 4.78 is 1.93. The van der Waals surface area contributed by atoms with Gasteiger partial charge in [0.05, 0.1) is 11.9 Å². The van der Waals surface area contributed by atoms with Crippen molar-refractivity contribution < 1.29 is 0 Å². The summed E-state index contributed by atoms with van der Waals surface area (Å²) in [7, 11) is 0. The van der Waals surface area contributed by atoms with Gasteiger partial charge in [-0.05, 0) is 26.0 Å². The summed E-state index contributed by atoms with van der Waals surface area (Å²) in [5.41, 5.74) is 2.27. The molecule has 2 heterocycles. The molecule has 1 atom stereocenters. The van der Waals surface area contributed by atoms with Gasteiger partial charge in [0.2, 0.25) is 0 Å². The third-order valence-corrected chi connectivity index (χ3v) is 2.75. The van der Waals surface area contributed by atoms with Gasteiger partial charge in [-0.25, -0.2) is 0 Å². The first-order valence-electron chi connectivity index (χ1n) is 5.95. The highest BCUT2D eigenvalue weighted by molar-refractivity contribution is 5.09. The first kappa shape index (κ1) is 11.8. The van der Waals surface area contributed by atoms with E-state index >= 15 is 0 Å². The lowest BCUT2D eigenvalue weighted by atomic mass is 10.2. The third kappa shape index (κ3) is 3.14. The highest BCUT2D eigenvalue weighted by atomic mass is 15.3. The van der Waals surface area contributed by atoms with Crippen LogP contribution in [0, 0.1) is 0 Å². The summed E-state index contributed by atoms with van der Waals surface area (Å²) in [4.78, 5) is 4.33. The Kier molecular flexibility index (Phi) is 3.88. The largest absolute Gasteiger partial charge is 0.305 e. The smallest absolute Gasteiger partial charge is 0.0570 e. The topological polar surface area (TPSA) is 42.7 Å². The predicted molar refractivity (Wildman–Crippen MR) is 67.4 cm³/mol. The zero-order valence-electron chi connectivity index (χ0n) is 10.3. The van der Waals surface area contributed by atoms with Crippen molar-refractivity contribution in [1.29, 1.82) is 0 Å². The normalized spacial score (nSPS) is 12.6. The quantitative estimate of drug-likeness (QED) is 0.855. The summed E-state index contributed by atoms with van der Waals surface area (Å²) in [6.45, 7) is 5.93. The van der Waals surface area contributed by atoms with Crippen LogP contribution in [0.4, 0.5) is 0 Å². The van der Waals surface area contributed by atoms with Crippen molar-refractivity contribution in [3.63, 3.8) is 0 Å². The van der Waals surface area contributed by atoms with Crippen molar-refractivity contribution in [2.24, 2.45) is 0 Å². The number of nitrogens with one attached hydrogen (secondary N) is 1. The molecule has 0 bridgehead atoms. The van der Waals surface area contributed by atoms with Crippen LogP contribution in [0.15, 0.2) is 36.8 Å². The highest BCUT2D eigenvalue weighted by Crippen LogP contribution is 2.09. The zero-order valence-corrected chi connectivity index (χ0v) is 10.3. The van der Waals surface area contributed by atoms with E-state index in [1.807, 2.05) is 35.3 Å². The van der Waals surface area contributed by atoms with Crippen molar-refractivity contribution >= 4 is 0 Å². The van der Waals surface area contributed by atoms with Gasteiger partial charge < -0.3 is 5.32 Å². The van der Waals surface area contributed by atoms with Crippen molar-refractivity contribution in [3.05, 3.63) is 48.0 Å². The summed E-state index contributed by atoms with van der Waals surface area (Å²) in [6.07, 6.45) is 5.79. The van der Waals surface area contributed by atoms with E-state index in [1.165, 1.54) is 5.56 Å². The minimum absolute atomic E-state index is 0.251. The third-order valence-electron chi connectivity index (χ3n) is 2.75. The summed E-state index contributed by atoms with van der Waals surface area (Å²) in [5, 5.41) is 7.68. The maximum atomic E-state index is 4.33. The summed E-state index contributed by atoms with van der Waals surface area (Å²) in [6, 6.07) is 6.23. The molecule has 2 aromatic rings. The van der Waals surface area contributed by atoms with Gasteiger partial charge in [-0.15, -0.1) is 0 Å². The van der Waals surface area contributed by atoms with Crippen LogP contribution in [0.5, 0.6) is 0 Å². The van der Waals surface area contributed by atoms with E-state index in [2.05, 4.69) is 35.4 Å². The van der Waals surface area contributed by atoms with Crippen LogP contribution in [0.2, 0.25) is 0 Å². The van der Waals surface area contributed by atoms with E-state index < -0.39 is 0 Å². The first-order valence-corrected chi connectivity index (χ1v) is 5.95. The number of rotatable bonds is 5. The van der Waals surface area contributed by atoms with Gasteiger partial charge in [-0.2, -0.15) is 5.10 Å². The number of pyridine rings is 1. The van der Waals surface area contributed by atoms with E-state index in [0.717, 1.165) is 18.8 Å². The van der Waals surface area contributed by atoms with Crippen molar-refractivity contribution in [1.82, 2.24) is 20.1 Å². The Morgan fingerprint density at radius 1 is 1.41 bits per heavy atom. The molecular weight excluding hydrogens is 212 g/mol. The molecule has 90 valence electrons. The van der Waals surface area contributed by atoms with Crippen LogP contribution >= 0.6 is 0 Å². The lowest BCUT2D eigenvalue weighted by Gasteiger charge is -2.11. The first-order chi connectivity index (χ1) is 8.29. The molecule has 0 aliphatic carbocycles. The molecule has 0 amide bonds. The molecule has 0 radical (unpaired) electrons. The lowest BCUT2D eigenvalue weighted by molar-refractivity contribution is 0.561. The monoisotopic (exact) mass is 230 g/mol. The van der Waals surface area contributed by atoms with Crippen LogP contribution in [-0.4, -0.2) is 14.8 Å². The molecule has 17 heavy (non-hydrogen) atoms. The van der Waals surface area contributed by atoms with E-state index in [9.17, 15) is 0 Å². The van der Waals surface area contributed by atoms with E-state index in [-0.39, 0.29) is 6.04 Å². The Bertz CT molecular complexity index is 449. The van der Waals surface area contributed by atoms with Crippen LogP contribution in [0.1, 0.15) is 31.1 Å². The molecule has 0 saturated heterocycles.